The minimum absolute atomic E-state index is 0.0425. The van der Waals surface area contributed by atoms with Gasteiger partial charge in [-0.1, -0.05) is 72.8 Å². The Morgan fingerprint density at radius 1 is 0.854 bits per heavy atom. The molecule has 0 radical (unpaired) electrons. The van der Waals surface area contributed by atoms with Gasteiger partial charge in [-0.05, 0) is 54.0 Å². The summed E-state index contributed by atoms with van der Waals surface area (Å²) in [5.74, 6) is 0.774. The lowest BCUT2D eigenvalue weighted by Crippen LogP contribution is -2.50. The lowest BCUT2D eigenvalue weighted by atomic mass is 9.96. The SMILES string of the molecule is COc1ccc(/C=c2/s/c(=C(\C#N)C(=O)N3CCN(C(c4ccccc4)c4ccccc4)CC3)n(-c3cccc(C)c3)c2=O)c(OC)c1. The summed E-state index contributed by atoms with van der Waals surface area (Å²) < 4.78 is 13.0. The molecule has 1 fully saturated rings. The van der Waals surface area contributed by atoms with Crippen molar-refractivity contribution < 1.29 is 14.3 Å². The summed E-state index contributed by atoms with van der Waals surface area (Å²) in [7, 11) is 3.13. The van der Waals surface area contributed by atoms with E-state index >= 15 is 0 Å². The highest BCUT2D eigenvalue weighted by Crippen LogP contribution is 2.30. The van der Waals surface area contributed by atoms with Crippen LogP contribution in [0, 0.1) is 18.3 Å². The number of thiazole rings is 1. The first-order chi connectivity index (χ1) is 23.4. The zero-order valence-corrected chi connectivity index (χ0v) is 27.9. The second-order valence-electron chi connectivity index (χ2n) is 11.5. The molecule has 6 rings (SSSR count). The van der Waals surface area contributed by atoms with E-state index in [9.17, 15) is 14.9 Å². The van der Waals surface area contributed by atoms with Gasteiger partial charge in [0, 0.05) is 37.8 Å². The van der Waals surface area contributed by atoms with E-state index in [2.05, 4.69) is 35.2 Å². The fourth-order valence-corrected chi connectivity index (χ4v) is 7.23. The number of nitrogens with zero attached hydrogens (tertiary/aromatic N) is 4. The lowest BCUT2D eigenvalue weighted by molar-refractivity contribution is -0.126. The summed E-state index contributed by atoms with van der Waals surface area (Å²) in [6.45, 7) is 4.09. The van der Waals surface area contributed by atoms with Gasteiger partial charge in [-0.3, -0.25) is 19.1 Å². The Bertz CT molecular complexity index is 2100. The third-order valence-electron chi connectivity index (χ3n) is 8.55. The van der Waals surface area contributed by atoms with Crippen molar-refractivity contribution in [2.45, 2.75) is 13.0 Å². The third-order valence-corrected chi connectivity index (χ3v) is 9.64. The molecule has 1 saturated heterocycles. The quantitative estimate of drug-likeness (QED) is 0.242. The van der Waals surface area contributed by atoms with E-state index in [4.69, 9.17) is 9.47 Å². The average Bonchev–Trinajstić information content (AvgIpc) is 3.44. The van der Waals surface area contributed by atoms with Gasteiger partial charge < -0.3 is 14.4 Å². The number of carbonyl (C=O) groups excluding carboxylic acids is 1. The summed E-state index contributed by atoms with van der Waals surface area (Å²) in [4.78, 5) is 32.3. The standard InChI is InChI=1S/C39H36N4O4S/c1-27-11-10-16-31(23-27)43-38(45)35(24-30-17-18-32(46-2)25-34(30)47-3)48-39(43)33(26-40)37(44)42-21-19-41(20-22-42)36(28-12-6-4-7-13-28)29-14-8-5-9-15-29/h4-18,23-25,36H,19-22H2,1-3H3/b35-24+,39-33+. The second kappa shape index (κ2) is 14.6. The summed E-state index contributed by atoms with van der Waals surface area (Å²) in [5.41, 5.74) is 4.20. The minimum Gasteiger partial charge on any atom is -0.497 e. The highest BCUT2D eigenvalue weighted by Gasteiger charge is 2.30. The first kappa shape index (κ1) is 32.5. The van der Waals surface area contributed by atoms with Crippen LogP contribution in [0.15, 0.2) is 108 Å². The van der Waals surface area contributed by atoms with Gasteiger partial charge in [0.25, 0.3) is 11.5 Å². The minimum atomic E-state index is -0.385. The van der Waals surface area contributed by atoms with Crippen molar-refractivity contribution in [1.29, 1.82) is 5.26 Å². The van der Waals surface area contributed by atoms with Crippen molar-refractivity contribution in [3.63, 3.8) is 0 Å². The Hall–Kier alpha value is -5.43. The molecule has 4 aromatic carbocycles. The molecule has 9 heteroatoms. The maximum atomic E-state index is 14.1. The van der Waals surface area contributed by atoms with Crippen molar-refractivity contribution in [2.75, 3.05) is 40.4 Å². The highest BCUT2D eigenvalue weighted by molar-refractivity contribution is 7.07. The number of ether oxygens (including phenoxy) is 2. The molecule has 0 spiro atoms. The van der Waals surface area contributed by atoms with Gasteiger partial charge in [0.05, 0.1) is 30.5 Å². The number of rotatable bonds is 8. The molecular weight excluding hydrogens is 621 g/mol. The van der Waals surface area contributed by atoms with E-state index in [-0.39, 0.29) is 23.1 Å². The predicted octanol–water partition coefficient (Wildman–Crippen LogP) is 4.66. The van der Waals surface area contributed by atoms with Crippen LogP contribution in [0.3, 0.4) is 0 Å². The molecule has 48 heavy (non-hydrogen) atoms. The molecule has 0 atom stereocenters. The second-order valence-corrected chi connectivity index (χ2v) is 12.6. The molecule has 1 aromatic heterocycles. The van der Waals surface area contributed by atoms with E-state index in [1.807, 2.05) is 73.7 Å². The molecule has 1 aliphatic rings. The molecule has 0 N–H and O–H groups in total. The monoisotopic (exact) mass is 656 g/mol. The maximum absolute atomic E-state index is 14.1. The first-order valence-electron chi connectivity index (χ1n) is 15.7. The number of carbonyl (C=O) groups is 1. The van der Waals surface area contributed by atoms with Gasteiger partial charge >= 0.3 is 0 Å². The van der Waals surface area contributed by atoms with Gasteiger partial charge in [-0.15, -0.1) is 11.3 Å². The van der Waals surface area contributed by atoms with Crippen LogP contribution < -0.4 is 24.2 Å². The molecule has 1 aliphatic heterocycles. The number of hydrogen-bond donors (Lipinski definition) is 0. The third kappa shape index (κ3) is 6.67. The highest BCUT2D eigenvalue weighted by atomic mass is 32.1. The van der Waals surface area contributed by atoms with Crippen molar-refractivity contribution in [1.82, 2.24) is 14.4 Å². The van der Waals surface area contributed by atoms with E-state index < -0.39 is 0 Å². The van der Waals surface area contributed by atoms with Crippen LogP contribution in [0.25, 0.3) is 17.3 Å². The number of hydrogen-bond acceptors (Lipinski definition) is 7. The fraction of sp³-hybridized carbons (Fsp3) is 0.205. The van der Waals surface area contributed by atoms with Crippen LogP contribution in [0.4, 0.5) is 0 Å². The summed E-state index contributed by atoms with van der Waals surface area (Å²) in [6.07, 6.45) is 1.73. The number of amides is 1. The molecule has 2 heterocycles. The lowest BCUT2D eigenvalue weighted by Gasteiger charge is -2.39. The Labute approximate surface area is 283 Å². The van der Waals surface area contributed by atoms with Crippen molar-refractivity contribution in [3.8, 4) is 23.3 Å². The topological polar surface area (TPSA) is 87.8 Å². The van der Waals surface area contributed by atoms with Gasteiger partial charge in [0.2, 0.25) is 0 Å². The Morgan fingerprint density at radius 3 is 2.10 bits per heavy atom. The normalized spacial score (nSPS) is 14.5. The van der Waals surface area contributed by atoms with Crippen LogP contribution >= 0.6 is 11.3 Å². The summed E-state index contributed by atoms with van der Waals surface area (Å²) in [5, 5.41) is 10.5. The number of aromatic nitrogens is 1. The van der Waals surface area contributed by atoms with Crippen LogP contribution in [0.1, 0.15) is 28.3 Å². The van der Waals surface area contributed by atoms with E-state index in [0.717, 1.165) is 16.9 Å². The van der Waals surface area contributed by atoms with Crippen LogP contribution in [0.2, 0.25) is 0 Å². The average molecular weight is 657 g/mol. The molecule has 0 unspecified atom stereocenters. The van der Waals surface area contributed by atoms with Crippen molar-refractivity contribution in [3.05, 3.63) is 145 Å². The van der Waals surface area contributed by atoms with E-state index in [0.29, 0.717) is 58.1 Å². The fourth-order valence-electron chi connectivity index (χ4n) is 6.14. The first-order valence-corrected chi connectivity index (χ1v) is 16.5. The largest absolute Gasteiger partial charge is 0.497 e. The zero-order chi connectivity index (χ0) is 33.6. The van der Waals surface area contributed by atoms with E-state index in [1.165, 1.54) is 15.7 Å². The Kier molecular flexibility index (Phi) is 9.86. The molecule has 0 saturated carbocycles. The zero-order valence-electron chi connectivity index (χ0n) is 27.1. The molecule has 242 valence electrons. The molecule has 0 aliphatic carbocycles. The van der Waals surface area contributed by atoms with Crippen LogP contribution in [-0.4, -0.2) is 60.7 Å². The summed E-state index contributed by atoms with van der Waals surface area (Å²) >= 11 is 1.13. The molecule has 0 bridgehead atoms. The van der Waals surface area contributed by atoms with Crippen LogP contribution in [-0.2, 0) is 4.79 Å². The van der Waals surface area contributed by atoms with Gasteiger partial charge in [-0.25, -0.2) is 0 Å². The smallest absolute Gasteiger partial charge is 0.273 e. The number of benzene rings is 4. The van der Waals surface area contributed by atoms with E-state index in [1.54, 1.807) is 37.3 Å². The molecular formula is C39H36N4O4S. The molecule has 1 amide bonds. The van der Waals surface area contributed by atoms with Gasteiger partial charge in [-0.2, -0.15) is 5.26 Å². The van der Waals surface area contributed by atoms with Crippen molar-refractivity contribution >= 4 is 28.9 Å². The van der Waals surface area contributed by atoms with Crippen LogP contribution in [0.5, 0.6) is 11.5 Å². The molecule has 5 aromatic rings. The summed E-state index contributed by atoms with van der Waals surface area (Å²) in [6, 6.07) is 35.8. The number of piperazine rings is 1. The number of aryl methyl sites for hydroxylation is 1. The Morgan fingerprint density at radius 2 is 1.52 bits per heavy atom. The van der Waals surface area contributed by atoms with Crippen molar-refractivity contribution in [2.24, 2.45) is 0 Å². The maximum Gasteiger partial charge on any atom is 0.273 e. The van der Waals surface area contributed by atoms with Gasteiger partial charge in [0.15, 0.2) is 5.57 Å². The molecule has 8 nitrogen and oxygen atoms in total. The number of nitriles is 1. The Balaban J connectivity index is 1.39. The van der Waals surface area contributed by atoms with Gasteiger partial charge in [0.1, 0.15) is 22.2 Å². The predicted molar refractivity (Wildman–Crippen MR) is 189 cm³/mol. The number of methoxy groups -OCH3 is 2.